The summed E-state index contributed by atoms with van der Waals surface area (Å²) in [5, 5.41) is 5.29. The molecule has 110 valence electrons. The van der Waals surface area contributed by atoms with E-state index in [0.29, 0.717) is 26.2 Å². The number of rotatable bonds is 5. The summed E-state index contributed by atoms with van der Waals surface area (Å²) in [4.78, 5) is 24.3. The molecule has 1 saturated heterocycles. The van der Waals surface area contributed by atoms with Crippen LogP contribution < -0.4 is 10.6 Å². The van der Waals surface area contributed by atoms with Crippen molar-refractivity contribution in [2.45, 2.75) is 6.18 Å². The minimum absolute atomic E-state index is 0.228. The van der Waals surface area contributed by atoms with Crippen LogP contribution in [0, 0.1) is 0 Å². The van der Waals surface area contributed by atoms with Gasteiger partial charge in [-0.1, -0.05) is 0 Å². The van der Waals surface area contributed by atoms with Crippen LogP contribution in [0.5, 0.6) is 0 Å². The van der Waals surface area contributed by atoms with Gasteiger partial charge in [-0.25, -0.2) is 0 Å². The Bertz CT molecular complexity index is 317. The van der Waals surface area contributed by atoms with E-state index in [1.165, 1.54) is 0 Å². The summed E-state index contributed by atoms with van der Waals surface area (Å²) in [5.74, 6) is -1.00. The van der Waals surface area contributed by atoms with Gasteiger partial charge in [0.15, 0.2) is 0 Å². The van der Waals surface area contributed by atoms with Gasteiger partial charge in [-0.15, -0.1) is 0 Å². The fourth-order valence-electron chi connectivity index (χ4n) is 1.51. The smallest absolute Gasteiger partial charge is 0.362 e. The molecular weight excluding hydrogens is 267 g/mol. The molecule has 1 rings (SSSR count). The van der Waals surface area contributed by atoms with Gasteiger partial charge in [0.2, 0.25) is 11.8 Å². The summed E-state index contributed by atoms with van der Waals surface area (Å²) in [6.45, 7) is 0.0655. The number of alkyl halides is 3. The predicted molar refractivity (Wildman–Crippen MR) is 59.3 cm³/mol. The first-order chi connectivity index (χ1) is 8.88. The molecule has 2 N–H and O–H groups in total. The van der Waals surface area contributed by atoms with E-state index in [9.17, 15) is 22.8 Å². The number of piperazine rings is 1. The first kappa shape index (κ1) is 15.7. The van der Waals surface area contributed by atoms with Crippen molar-refractivity contribution in [1.82, 2.24) is 15.5 Å². The number of nitrogens with zero attached hydrogens (tertiary/aromatic N) is 1. The van der Waals surface area contributed by atoms with Crippen LogP contribution in [0.1, 0.15) is 0 Å². The Balaban J connectivity index is 2.13. The molecule has 0 aromatic rings. The molecule has 0 unspecified atom stereocenters. The van der Waals surface area contributed by atoms with Gasteiger partial charge in [0.25, 0.3) is 0 Å². The summed E-state index contributed by atoms with van der Waals surface area (Å²) in [6, 6.07) is 0. The second-order valence-electron chi connectivity index (χ2n) is 4.02. The van der Waals surface area contributed by atoms with Crippen molar-refractivity contribution >= 4 is 11.8 Å². The molecule has 0 radical (unpaired) electrons. The van der Waals surface area contributed by atoms with Gasteiger partial charge < -0.3 is 20.3 Å². The van der Waals surface area contributed by atoms with Gasteiger partial charge in [0.1, 0.15) is 13.2 Å². The molecule has 0 aliphatic carbocycles. The van der Waals surface area contributed by atoms with Crippen molar-refractivity contribution < 1.29 is 27.5 Å². The van der Waals surface area contributed by atoms with Crippen molar-refractivity contribution in [2.75, 3.05) is 45.9 Å². The molecule has 1 fully saturated rings. The molecule has 0 spiro atoms. The number of carbonyl (C=O) groups is 2. The van der Waals surface area contributed by atoms with Gasteiger partial charge in [0.05, 0.1) is 6.54 Å². The molecule has 1 aliphatic heterocycles. The number of carbonyl (C=O) groups excluding carboxylic acids is 2. The van der Waals surface area contributed by atoms with E-state index in [1.807, 2.05) is 0 Å². The van der Waals surface area contributed by atoms with Crippen molar-refractivity contribution in [3.05, 3.63) is 0 Å². The third kappa shape index (κ3) is 6.97. The largest absolute Gasteiger partial charge is 0.411 e. The lowest BCUT2D eigenvalue weighted by atomic mass is 10.3. The summed E-state index contributed by atoms with van der Waals surface area (Å²) in [7, 11) is 0. The van der Waals surface area contributed by atoms with Gasteiger partial charge in [-0.3, -0.25) is 9.59 Å². The fourth-order valence-corrected chi connectivity index (χ4v) is 1.51. The Morgan fingerprint density at radius 2 is 1.89 bits per heavy atom. The first-order valence-corrected chi connectivity index (χ1v) is 5.78. The number of hydrogen-bond acceptors (Lipinski definition) is 4. The zero-order chi connectivity index (χ0) is 14.3. The average molecular weight is 283 g/mol. The topological polar surface area (TPSA) is 70.7 Å². The van der Waals surface area contributed by atoms with Gasteiger partial charge >= 0.3 is 6.18 Å². The second-order valence-corrected chi connectivity index (χ2v) is 4.02. The molecule has 6 nitrogen and oxygen atoms in total. The van der Waals surface area contributed by atoms with Crippen molar-refractivity contribution in [3.8, 4) is 0 Å². The normalized spacial score (nSPS) is 16.3. The van der Waals surface area contributed by atoms with Crippen LogP contribution in [-0.2, 0) is 14.3 Å². The minimum Gasteiger partial charge on any atom is -0.362 e. The number of amides is 2. The molecule has 0 aromatic heterocycles. The summed E-state index contributed by atoms with van der Waals surface area (Å²) in [6.07, 6.45) is -4.46. The highest BCUT2D eigenvalue weighted by molar-refractivity contribution is 5.85. The van der Waals surface area contributed by atoms with Gasteiger partial charge in [-0.05, 0) is 0 Å². The van der Waals surface area contributed by atoms with Crippen molar-refractivity contribution in [1.29, 1.82) is 0 Å². The monoisotopic (exact) mass is 283 g/mol. The van der Waals surface area contributed by atoms with Crippen LogP contribution >= 0.6 is 0 Å². The SMILES string of the molecule is O=C(COCC(F)(F)F)NCC(=O)N1CCNCC1. The molecule has 0 bridgehead atoms. The molecule has 19 heavy (non-hydrogen) atoms. The van der Waals surface area contributed by atoms with Crippen LogP contribution in [0.15, 0.2) is 0 Å². The summed E-state index contributed by atoms with van der Waals surface area (Å²) in [5.41, 5.74) is 0. The van der Waals surface area contributed by atoms with E-state index in [1.54, 1.807) is 4.90 Å². The van der Waals surface area contributed by atoms with Crippen LogP contribution in [0.2, 0.25) is 0 Å². The lowest BCUT2D eigenvalue weighted by Crippen LogP contribution is -2.49. The predicted octanol–water partition coefficient (Wildman–Crippen LogP) is -0.887. The molecule has 2 amide bonds. The highest BCUT2D eigenvalue weighted by Crippen LogP contribution is 2.13. The van der Waals surface area contributed by atoms with Crippen LogP contribution in [-0.4, -0.2) is 68.8 Å². The highest BCUT2D eigenvalue weighted by atomic mass is 19.4. The van der Waals surface area contributed by atoms with E-state index in [2.05, 4.69) is 15.4 Å². The molecule has 0 atom stereocenters. The molecule has 9 heteroatoms. The Morgan fingerprint density at radius 1 is 1.26 bits per heavy atom. The standard InChI is InChI=1S/C10H16F3N3O3/c11-10(12,13)7-19-6-8(17)15-5-9(18)16-3-1-14-2-4-16/h14H,1-7H2,(H,15,17). The van der Waals surface area contributed by atoms with Gasteiger partial charge in [-0.2, -0.15) is 13.2 Å². The van der Waals surface area contributed by atoms with Crippen LogP contribution in [0.3, 0.4) is 0 Å². The van der Waals surface area contributed by atoms with E-state index in [4.69, 9.17) is 0 Å². The maximum atomic E-state index is 11.7. The number of hydrogen-bond donors (Lipinski definition) is 2. The molecule has 1 heterocycles. The molecule has 1 aliphatic rings. The highest BCUT2D eigenvalue weighted by Gasteiger charge is 2.27. The van der Waals surface area contributed by atoms with Crippen LogP contribution in [0.25, 0.3) is 0 Å². The maximum absolute atomic E-state index is 11.7. The Kier molecular flexibility index (Phi) is 6.03. The second kappa shape index (κ2) is 7.29. The maximum Gasteiger partial charge on any atom is 0.411 e. The Morgan fingerprint density at radius 3 is 2.47 bits per heavy atom. The number of halogens is 3. The van der Waals surface area contributed by atoms with E-state index >= 15 is 0 Å². The average Bonchev–Trinajstić information content (AvgIpc) is 2.35. The quantitative estimate of drug-likeness (QED) is 0.687. The van der Waals surface area contributed by atoms with E-state index in [0.717, 1.165) is 0 Å². The summed E-state index contributed by atoms with van der Waals surface area (Å²) < 4.78 is 39.4. The fraction of sp³-hybridized carbons (Fsp3) is 0.800. The number of ether oxygens (including phenoxy) is 1. The minimum atomic E-state index is -4.46. The Labute approximate surface area is 108 Å². The van der Waals surface area contributed by atoms with Crippen molar-refractivity contribution in [3.63, 3.8) is 0 Å². The Hall–Kier alpha value is -1.35. The van der Waals surface area contributed by atoms with Crippen LogP contribution in [0.4, 0.5) is 13.2 Å². The zero-order valence-electron chi connectivity index (χ0n) is 10.3. The number of nitrogens with one attached hydrogen (secondary N) is 2. The third-order valence-electron chi connectivity index (χ3n) is 2.41. The molecular formula is C10H16F3N3O3. The lowest BCUT2D eigenvalue weighted by Gasteiger charge is -2.27. The lowest BCUT2D eigenvalue weighted by molar-refractivity contribution is -0.175. The zero-order valence-corrected chi connectivity index (χ0v) is 10.3. The summed E-state index contributed by atoms with van der Waals surface area (Å²) >= 11 is 0. The molecule has 0 saturated carbocycles. The molecule has 0 aromatic carbocycles. The first-order valence-electron chi connectivity index (χ1n) is 5.78. The van der Waals surface area contributed by atoms with E-state index in [-0.39, 0.29) is 12.5 Å². The van der Waals surface area contributed by atoms with Gasteiger partial charge in [0, 0.05) is 26.2 Å². The third-order valence-corrected chi connectivity index (χ3v) is 2.41. The van der Waals surface area contributed by atoms with E-state index < -0.39 is 25.3 Å². The van der Waals surface area contributed by atoms with Crippen molar-refractivity contribution in [2.24, 2.45) is 0 Å².